The van der Waals surface area contributed by atoms with Crippen molar-refractivity contribution < 1.29 is 49.3 Å². The van der Waals surface area contributed by atoms with Gasteiger partial charge in [-0.05, 0) is 29.2 Å². The van der Waals surface area contributed by atoms with Gasteiger partial charge in [-0.3, -0.25) is 9.59 Å². The minimum absolute atomic E-state index is 0.0509. The van der Waals surface area contributed by atoms with E-state index in [2.05, 4.69) is 0 Å². The van der Waals surface area contributed by atoms with Gasteiger partial charge in [-0.1, -0.05) is 12.1 Å². The van der Waals surface area contributed by atoms with E-state index < -0.39 is 52.6 Å². The number of aliphatic hydroxyl groups is 2. The lowest BCUT2D eigenvalue weighted by molar-refractivity contribution is -0.199. The van der Waals surface area contributed by atoms with Crippen molar-refractivity contribution in [2.45, 2.75) is 23.9 Å². The van der Waals surface area contributed by atoms with Crippen molar-refractivity contribution in [2.24, 2.45) is 23.2 Å². The van der Waals surface area contributed by atoms with Gasteiger partial charge in [-0.2, -0.15) is 0 Å². The third-order valence-electron chi connectivity index (χ3n) is 8.79. The Morgan fingerprint density at radius 1 is 1.08 bits per heavy atom. The Kier molecular flexibility index (Phi) is 3.96. The van der Waals surface area contributed by atoms with Crippen molar-refractivity contribution in [3.8, 4) is 28.7 Å². The van der Waals surface area contributed by atoms with Crippen molar-refractivity contribution in [3.05, 3.63) is 53.1 Å². The maximum absolute atomic E-state index is 13.3. The van der Waals surface area contributed by atoms with Crippen LogP contribution < -0.4 is 9.47 Å². The molecule has 0 bridgehead atoms. The molecule has 10 heteroatoms. The maximum atomic E-state index is 13.3. The van der Waals surface area contributed by atoms with Gasteiger partial charge in [0.1, 0.15) is 22.8 Å². The molecule has 7 rings (SSSR count). The molecule has 8 unspecified atom stereocenters. The second-order valence-electron chi connectivity index (χ2n) is 10.1. The van der Waals surface area contributed by atoms with Crippen LogP contribution >= 0.6 is 0 Å². The van der Waals surface area contributed by atoms with E-state index in [4.69, 9.17) is 14.2 Å². The lowest BCUT2D eigenvalue weighted by Crippen LogP contribution is -2.65. The summed E-state index contributed by atoms with van der Waals surface area (Å²) in [5, 5.41) is 52.4. The van der Waals surface area contributed by atoms with E-state index in [-0.39, 0.29) is 47.0 Å². The zero-order chi connectivity index (χ0) is 25.3. The highest BCUT2D eigenvalue weighted by atomic mass is 16.6. The van der Waals surface area contributed by atoms with Gasteiger partial charge in [-0.25, -0.2) is 0 Å². The van der Waals surface area contributed by atoms with Crippen molar-refractivity contribution in [1.29, 1.82) is 0 Å². The van der Waals surface area contributed by atoms with Crippen LogP contribution in [-0.4, -0.2) is 68.8 Å². The molecule has 36 heavy (non-hydrogen) atoms. The van der Waals surface area contributed by atoms with E-state index in [1.54, 1.807) is 18.2 Å². The number of Topliss-reactive ketones (excluding diaryl/α,β-unsaturated/α-hetero) is 2. The fraction of sp³-hybridized carbons (Fsp3) is 0.385. The quantitative estimate of drug-likeness (QED) is 0.389. The Labute approximate surface area is 204 Å². The van der Waals surface area contributed by atoms with Gasteiger partial charge in [-0.15, -0.1) is 0 Å². The van der Waals surface area contributed by atoms with Crippen LogP contribution in [0.25, 0.3) is 0 Å². The zero-order valence-electron chi connectivity index (χ0n) is 18.9. The summed E-state index contributed by atoms with van der Waals surface area (Å²) in [4.78, 5) is 26.4. The number of hydrogen-bond acceptors (Lipinski definition) is 10. The molecule has 186 valence electrons. The first kappa shape index (κ1) is 21.7. The summed E-state index contributed by atoms with van der Waals surface area (Å²) >= 11 is 0. The predicted molar refractivity (Wildman–Crippen MR) is 119 cm³/mol. The third kappa shape index (κ3) is 2.20. The minimum Gasteiger partial charge on any atom is -0.508 e. The van der Waals surface area contributed by atoms with Gasteiger partial charge in [0.2, 0.25) is 11.6 Å². The van der Waals surface area contributed by atoms with E-state index >= 15 is 0 Å². The molecular formula is C26H22O10. The van der Waals surface area contributed by atoms with Gasteiger partial charge < -0.3 is 39.7 Å². The molecule has 2 saturated carbocycles. The molecule has 0 amide bonds. The fourth-order valence-corrected chi connectivity index (χ4v) is 7.53. The van der Waals surface area contributed by atoms with Crippen molar-refractivity contribution in [3.63, 3.8) is 0 Å². The topological polar surface area (TPSA) is 163 Å². The predicted octanol–water partition coefficient (Wildman–Crippen LogP) is 0.990. The second kappa shape index (κ2) is 6.58. The van der Waals surface area contributed by atoms with Crippen LogP contribution in [0, 0.1) is 23.2 Å². The molecule has 2 heterocycles. The minimum atomic E-state index is -1.98. The number of methoxy groups -OCH3 is 1. The lowest BCUT2D eigenvalue weighted by atomic mass is 9.37. The van der Waals surface area contributed by atoms with E-state index in [9.17, 15) is 35.1 Å². The zero-order valence-corrected chi connectivity index (χ0v) is 18.9. The smallest absolute Gasteiger partial charge is 0.231 e. The molecular weight excluding hydrogens is 472 g/mol. The summed E-state index contributed by atoms with van der Waals surface area (Å²) in [6.45, 7) is 0.139. The average Bonchev–Trinajstić information content (AvgIpc) is 3.15. The molecule has 2 aromatic rings. The number of ether oxygens (including phenoxy) is 3. The Hall–Kier alpha value is -3.60. The normalized spacial score (nSPS) is 39.2. The molecule has 5 aliphatic rings. The highest BCUT2D eigenvalue weighted by Crippen LogP contribution is 2.82. The summed E-state index contributed by atoms with van der Waals surface area (Å²) in [7, 11) is 1.43. The van der Waals surface area contributed by atoms with E-state index in [1.807, 2.05) is 0 Å². The Balaban J connectivity index is 1.37. The third-order valence-corrected chi connectivity index (χ3v) is 8.79. The molecule has 3 aliphatic carbocycles. The average molecular weight is 494 g/mol. The van der Waals surface area contributed by atoms with Crippen molar-refractivity contribution >= 4 is 11.6 Å². The van der Waals surface area contributed by atoms with Crippen LogP contribution in [-0.2, 0) is 9.53 Å². The number of aliphatic hydroxyl groups excluding tert-OH is 1. The molecule has 2 aromatic carbocycles. The van der Waals surface area contributed by atoms with Crippen LogP contribution in [0.5, 0.6) is 28.7 Å². The lowest BCUT2D eigenvalue weighted by Gasteiger charge is -2.64. The molecule has 0 aromatic heterocycles. The summed E-state index contributed by atoms with van der Waals surface area (Å²) in [5.41, 5.74) is 0.00314. The molecule has 8 atom stereocenters. The number of aromatic hydroxyl groups is 3. The molecule has 3 fully saturated rings. The number of phenols is 3. The highest BCUT2D eigenvalue weighted by Gasteiger charge is 2.87. The van der Waals surface area contributed by atoms with Crippen molar-refractivity contribution in [1.82, 2.24) is 0 Å². The van der Waals surface area contributed by atoms with Gasteiger partial charge in [0.25, 0.3) is 0 Å². The first-order chi connectivity index (χ1) is 17.1. The summed E-state index contributed by atoms with van der Waals surface area (Å²) in [6, 6.07) is 7.05. The summed E-state index contributed by atoms with van der Waals surface area (Å²) in [5.74, 6) is -5.89. The van der Waals surface area contributed by atoms with E-state index in [0.29, 0.717) is 5.57 Å². The number of carbonyl (C=O) groups excluding carboxylic acids is 2. The highest BCUT2D eigenvalue weighted by molar-refractivity contribution is 6.06. The molecule has 2 aliphatic heterocycles. The van der Waals surface area contributed by atoms with Gasteiger partial charge in [0, 0.05) is 29.4 Å². The molecule has 1 saturated heterocycles. The van der Waals surface area contributed by atoms with Gasteiger partial charge in [0.15, 0.2) is 29.5 Å². The Morgan fingerprint density at radius 3 is 2.61 bits per heavy atom. The van der Waals surface area contributed by atoms with Gasteiger partial charge in [0.05, 0.1) is 19.6 Å². The largest absolute Gasteiger partial charge is 0.508 e. The number of rotatable bonds is 3. The van der Waals surface area contributed by atoms with E-state index in [0.717, 1.165) is 11.6 Å². The second-order valence-corrected chi connectivity index (χ2v) is 10.1. The molecule has 5 N–H and O–H groups in total. The monoisotopic (exact) mass is 494 g/mol. The number of hydrogen-bond donors (Lipinski definition) is 5. The SMILES string of the molecule is COc1cc(C2C3COC4(O)C(=O)C5C=C(C6Oc7cc(O)cc(O)c7C(=O)C6O)C52C34)ccc1O. The maximum Gasteiger partial charge on any atom is 0.231 e. The van der Waals surface area contributed by atoms with Crippen LogP contribution in [0.2, 0.25) is 0 Å². The number of phenolic OH excluding ortho intramolecular Hbond substituents is 3. The fourth-order valence-electron chi connectivity index (χ4n) is 7.53. The first-order valence-electron chi connectivity index (χ1n) is 11.6. The number of allylic oxidation sites excluding steroid dienone is 1. The van der Waals surface area contributed by atoms with E-state index in [1.165, 1.54) is 19.2 Å². The Bertz CT molecular complexity index is 1410. The summed E-state index contributed by atoms with van der Waals surface area (Å²) in [6.07, 6.45) is -1.28. The number of carbonyl (C=O) groups is 2. The number of benzene rings is 2. The van der Waals surface area contributed by atoms with Crippen LogP contribution in [0.3, 0.4) is 0 Å². The standard InChI is InChI=1S/C26H22O10/c1-34-16-4-9(2-3-14(16)28)19-11-8-35-26(33)23(11)25(19)12(7-13(25)24(26)32)22-21(31)20(30)18-15(29)5-10(27)6-17(18)36-22/h2-7,11,13,19,21-23,27-29,31,33H,8H2,1H3. The molecule has 1 spiro atoms. The van der Waals surface area contributed by atoms with Crippen LogP contribution in [0.1, 0.15) is 21.8 Å². The number of ketones is 2. The molecule has 10 nitrogen and oxygen atoms in total. The van der Waals surface area contributed by atoms with Gasteiger partial charge >= 0.3 is 0 Å². The number of fused-ring (bicyclic) bond motifs is 1. The van der Waals surface area contributed by atoms with Crippen LogP contribution in [0.15, 0.2) is 42.0 Å². The summed E-state index contributed by atoms with van der Waals surface area (Å²) < 4.78 is 16.9. The molecule has 0 radical (unpaired) electrons. The first-order valence-corrected chi connectivity index (χ1v) is 11.6. The Morgan fingerprint density at radius 2 is 1.86 bits per heavy atom. The van der Waals surface area contributed by atoms with Crippen LogP contribution in [0.4, 0.5) is 0 Å². The van der Waals surface area contributed by atoms with Crippen molar-refractivity contribution in [2.75, 3.05) is 13.7 Å².